The molecule has 1 rings (SSSR count). The zero-order valence-corrected chi connectivity index (χ0v) is 11.3. The number of piperidine rings is 1. The second-order valence-corrected chi connectivity index (χ2v) is 4.99. The van der Waals surface area contributed by atoms with E-state index >= 15 is 0 Å². The van der Waals surface area contributed by atoms with Crippen molar-refractivity contribution < 1.29 is 0 Å². The lowest BCUT2D eigenvalue weighted by Gasteiger charge is -2.40. The summed E-state index contributed by atoms with van der Waals surface area (Å²) in [7, 11) is 0. The zero-order chi connectivity index (χ0) is 12.0. The molecule has 2 atom stereocenters. The fourth-order valence-electron chi connectivity index (χ4n) is 2.80. The first-order valence-corrected chi connectivity index (χ1v) is 6.89. The van der Waals surface area contributed by atoms with Gasteiger partial charge in [0, 0.05) is 25.7 Å². The van der Waals surface area contributed by atoms with Crippen LogP contribution in [0.2, 0.25) is 0 Å². The summed E-state index contributed by atoms with van der Waals surface area (Å²) in [4.78, 5) is 5.10. The van der Waals surface area contributed by atoms with Crippen LogP contribution in [-0.2, 0) is 0 Å². The second kappa shape index (κ2) is 7.25. The van der Waals surface area contributed by atoms with Crippen LogP contribution >= 0.6 is 0 Å². The number of hydrogen-bond acceptors (Lipinski definition) is 3. The van der Waals surface area contributed by atoms with Crippen LogP contribution < -0.4 is 5.73 Å². The molecule has 1 aliphatic heterocycles. The van der Waals surface area contributed by atoms with Crippen molar-refractivity contribution in [2.45, 2.75) is 39.7 Å². The molecule has 96 valence electrons. The van der Waals surface area contributed by atoms with Crippen molar-refractivity contribution in [3.05, 3.63) is 0 Å². The van der Waals surface area contributed by atoms with Gasteiger partial charge in [-0.3, -0.25) is 4.90 Å². The molecule has 0 aliphatic carbocycles. The van der Waals surface area contributed by atoms with Gasteiger partial charge in [0.2, 0.25) is 0 Å². The first-order chi connectivity index (χ1) is 7.72. The molecule has 1 heterocycles. The molecule has 0 spiro atoms. The summed E-state index contributed by atoms with van der Waals surface area (Å²) in [5.74, 6) is 0.774. The van der Waals surface area contributed by atoms with Gasteiger partial charge in [-0.2, -0.15) is 0 Å². The van der Waals surface area contributed by atoms with Crippen LogP contribution in [0.25, 0.3) is 0 Å². The minimum atomic E-state index is 0.615. The number of hydrogen-bond donors (Lipinski definition) is 1. The van der Waals surface area contributed by atoms with E-state index in [-0.39, 0.29) is 0 Å². The molecule has 1 fully saturated rings. The smallest absolute Gasteiger partial charge is 0.0244 e. The fourth-order valence-corrected chi connectivity index (χ4v) is 2.80. The van der Waals surface area contributed by atoms with E-state index in [1.165, 1.54) is 32.5 Å². The quantitative estimate of drug-likeness (QED) is 0.744. The Hall–Kier alpha value is -0.120. The van der Waals surface area contributed by atoms with E-state index < -0.39 is 0 Å². The lowest BCUT2D eigenvalue weighted by Crippen LogP contribution is -2.50. The van der Waals surface area contributed by atoms with E-state index in [4.69, 9.17) is 5.73 Å². The summed E-state index contributed by atoms with van der Waals surface area (Å²) in [6, 6.07) is 0.615. The van der Waals surface area contributed by atoms with Crippen LogP contribution in [0.4, 0.5) is 0 Å². The molecule has 3 heteroatoms. The number of likely N-dealkylation sites (N-methyl/N-ethyl adjacent to an activating group) is 1. The van der Waals surface area contributed by atoms with Crippen molar-refractivity contribution >= 4 is 0 Å². The molecule has 0 aromatic heterocycles. The Bertz CT molecular complexity index is 180. The van der Waals surface area contributed by atoms with Crippen molar-refractivity contribution in [1.29, 1.82) is 0 Å². The van der Waals surface area contributed by atoms with Gasteiger partial charge in [0.15, 0.2) is 0 Å². The van der Waals surface area contributed by atoms with Crippen LogP contribution in [0.15, 0.2) is 0 Å². The van der Waals surface area contributed by atoms with E-state index in [1.807, 2.05) is 0 Å². The van der Waals surface area contributed by atoms with Gasteiger partial charge in [0.1, 0.15) is 0 Å². The maximum Gasteiger partial charge on any atom is 0.0244 e. The average molecular weight is 227 g/mol. The monoisotopic (exact) mass is 227 g/mol. The highest BCUT2D eigenvalue weighted by Gasteiger charge is 2.26. The Labute approximate surface area is 101 Å². The summed E-state index contributed by atoms with van der Waals surface area (Å²) in [5.41, 5.74) is 5.90. The number of nitrogens with two attached hydrogens (primary N) is 1. The number of likely N-dealkylation sites (tertiary alicyclic amines) is 1. The van der Waals surface area contributed by atoms with Gasteiger partial charge in [-0.15, -0.1) is 0 Å². The predicted molar refractivity (Wildman–Crippen MR) is 70.6 cm³/mol. The Balaban J connectivity index is 2.38. The van der Waals surface area contributed by atoms with E-state index in [0.29, 0.717) is 6.04 Å². The highest BCUT2D eigenvalue weighted by Crippen LogP contribution is 2.22. The number of nitrogens with zero attached hydrogens (tertiary/aromatic N) is 2. The molecule has 0 aromatic rings. The molecule has 1 aliphatic rings. The summed E-state index contributed by atoms with van der Waals surface area (Å²) in [5, 5.41) is 0. The highest BCUT2D eigenvalue weighted by molar-refractivity contribution is 4.83. The lowest BCUT2D eigenvalue weighted by molar-refractivity contribution is 0.0934. The summed E-state index contributed by atoms with van der Waals surface area (Å²) in [6.07, 6.45) is 2.69. The van der Waals surface area contributed by atoms with Gasteiger partial charge < -0.3 is 10.6 Å². The van der Waals surface area contributed by atoms with Gasteiger partial charge >= 0.3 is 0 Å². The highest BCUT2D eigenvalue weighted by atomic mass is 15.2. The van der Waals surface area contributed by atoms with E-state index in [1.54, 1.807) is 0 Å². The van der Waals surface area contributed by atoms with Crippen LogP contribution in [0.5, 0.6) is 0 Å². The molecule has 0 radical (unpaired) electrons. The zero-order valence-electron chi connectivity index (χ0n) is 11.3. The summed E-state index contributed by atoms with van der Waals surface area (Å²) >= 11 is 0. The first-order valence-electron chi connectivity index (χ1n) is 6.89. The molecule has 0 amide bonds. The largest absolute Gasteiger partial charge is 0.329 e. The van der Waals surface area contributed by atoms with Gasteiger partial charge in [0.25, 0.3) is 0 Å². The third kappa shape index (κ3) is 3.72. The minimum absolute atomic E-state index is 0.615. The molecule has 0 saturated carbocycles. The molecular weight excluding hydrogens is 198 g/mol. The minimum Gasteiger partial charge on any atom is -0.329 e. The van der Waals surface area contributed by atoms with Crippen molar-refractivity contribution in [2.75, 3.05) is 39.3 Å². The van der Waals surface area contributed by atoms with Gasteiger partial charge in [-0.05, 0) is 38.4 Å². The molecule has 2 N–H and O–H groups in total. The molecule has 0 bridgehead atoms. The average Bonchev–Trinajstić information content (AvgIpc) is 2.30. The summed E-state index contributed by atoms with van der Waals surface area (Å²) < 4.78 is 0. The van der Waals surface area contributed by atoms with Gasteiger partial charge in [0.05, 0.1) is 0 Å². The van der Waals surface area contributed by atoms with Crippen molar-refractivity contribution in [3.63, 3.8) is 0 Å². The van der Waals surface area contributed by atoms with Crippen LogP contribution in [-0.4, -0.2) is 55.1 Å². The standard InChI is InChI=1S/C13H29N3/c1-4-15(5-2)9-10-16-8-6-7-12(3)13(16)11-14/h12-13H,4-11,14H2,1-3H3. The van der Waals surface area contributed by atoms with Crippen molar-refractivity contribution in [1.82, 2.24) is 9.80 Å². The SMILES string of the molecule is CCN(CC)CCN1CCCC(C)C1CN. The topological polar surface area (TPSA) is 32.5 Å². The van der Waals surface area contributed by atoms with Crippen LogP contribution in [0, 0.1) is 5.92 Å². The fraction of sp³-hybridized carbons (Fsp3) is 1.00. The molecule has 1 saturated heterocycles. The van der Waals surface area contributed by atoms with Crippen molar-refractivity contribution in [2.24, 2.45) is 11.7 Å². The summed E-state index contributed by atoms with van der Waals surface area (Å²) in [6.45, 7) is 13.6. The van der Waals surface area contributed by atoms with E-state index in [2.05, 4.69) is 30.6 Å². The Morgan fingerprint density at radius 1 is 1.31 bits per heavy atom. The second-order valence-electron chi connectivity index (χ2n) is 4.99. The molecule has 3 nitrogen and oxygen atoms in total. The van der Waals surface area contributed by atoms with Crippen LogP contribution in [0.1, 0.15) is 33.6 Å². The third-order valence-electron chi connectivity index (χ3n) is 4.07. The predicted octanol–water partition coefficient (Wildman–Crippen LogP) is 1.39. The normalized spacial score (nSPS) is 27.6. The maximum atomic E-state index is 5.90. The molecular formula is C13H29N3. The van der Waals surface area contributed by atoms with E-state index in [9.17, 15) is 0 Å². The Morgan fingerprint density at radius 2 is 2.00 bits per heavy atom. The maximum absolute atomic E-state index is 5.90. The van der Waals surface area contributed by atoms with Gasteiger partial charge in [-0.25, -0.2) is 0 Å². The third-order valence-corrected chi connectivity index (χ3v) is 4.07. The first kappa shape index (κ1) is 13.9. The van der Waals surface area contributed by atoms with Crippen LogP contribution in [0.3, 0.4) is 0 Å². The van der Waals surface area contributed by atoms with Gasteiger partial charge in [-0.1, -0.05) is 20.8 Å². The Morgan fingerprint density at radius 3 is 2.56 bits per heavy atom. The van der Waals surface area contributed by atoms with E-state index in [0.717, 1.165) is 25.6 Å². The Kier molecular flexibility index (Phi) is 6.32. The molecule has 16 heavy (non-hydrogen) atoms. The van der Waals surface area contributed by atoms with Crippen molar-refractivity contribution in [3.8, 4) is 0 Å². The molecule has 2 unspecified atom stereocenters. The lowest BCUT2D eigenvalue weighted by atomic mass is 9.91. The molecule has 0 aromatic carbocycles. The number of rotatable bonds is 6.